The quantitative estimate of drug-likeness (QED) is 0.733. The Balaban J connectivity index is 2.60. The molecule has 0 spiro atoms. The highest BCUT2D eigenvalue weighted by Gasteiger charge is 2.15. The first kappa shape index (κ1) is 14.2. The fourth-order valence-electron chi connectivity index (χ4n) is 1.21. The van der Waals surface area contributed by atoms with E-state index in [1.807, 2.05) is 13.8 Å². The lowest BCUT2D eigenvalue weighted by Crippen LogP contribution is -2.13. The molecule has 0 saturated heterocycles. The van der Waals surface area contributed by atoms with Crippen LogP contribution in [0, 0.1) is 6.92 Å². The Bertz CT molecular complexity index is 436. The van der Waals surface area contributed by atoms with Crippen LogP contribution in [0.25, 0.3) is 0 Å². The normalized spacial score (nSPS) is 13.6. The Hall–Kier alpha value is -0.910. The van der Waals surface area contributed by atoms with Crippen molar-refractivity contribution >= 4 is 10.1 Å². The third-order valence-corrected chi connectivity index (χ3v) is 3.80. The largest absolute Gasteiger partial charge is 0.382 e. The van der Waals surface area contributed by atoms with Gasteiger partial charge in [0.25, 0.3) is 10.1 Å². The molecular weight excluding hydrogens is 240 g/mol. The van der Waals surface area contributed by atoms with Gasteiger partial charge < -0.3 is 4.74 Å². The van der Waals surface area contributed by atoms with E-state index >= 15 is 0 Å². The minimum Gasteiger partial charge on any atom is -0.382 e. The number of hydrogen-bond acceptors (Lipinski definition) is 4. The number of aryl methyl sites for hydroxylation is 1. The summed E-state index contributed by atoms with van der Waals surface area (Å²) in [5.74, 6) is 0. The van der Waals surface area contributed by atoms with E-state index in [9.17, 15) is 8.42 Å². The lowest BCUT2D eigenvalue weighted by Gasteiger charge is -2.09. The van der Waals surface area contributed by atoms with Gasteiger partial charge in [-0.1, -0.05) is 17.7 Å². The van der Waals surface area contributed by atoms with Crippen molar-refractivity contribution in [1.29, 1.82) is 0 Å². The van der Waals surface area contributed by atoms with Crippen LogP contribution in [0.2, 0.25) is 0 Å². The highest BCUT2D eigenvalue weighted by Crippen LogP contribution is 2.13. The molecule has 1 aromatic rings. The predicted molar refractivity (Wildman–Crippen MR) is 65.4 cm³/mol. The molecule has 5 heteroatoms. The maximum absolute atomic E-state index is 11.8. The molecule has 4 nitrogen and oxygen atoms in total. The van der Waals surface area contributed by atoms with E-state index in [1.54, 1.807) is 31.4 Å². The molecule has 1 rings (SSSR count). The van der Waals surface area contributed by atoms with E-state index in [2.05, 4.69) is 0 Å². The Labute approximate surface area is 103 Å². The number of ether oxygens (including phenoxy) is 1. The van der Waals surface area contributed by atoms with Crippen molar-refractivity contribution in [3.63, 3.8) is 0 Å². The molecule has 0 N–H and O–H groups in total. The molecule has 1 unspecified atom stereocenters. The van der Waals surface area contributed by atoms with Gasteiger partial charge in [0.1, 0.15) is 0 Å². The Morgan fingerprint density at radius 2 is 1.82 bits per heavy atom. The van der Waals surface area contributed by atoms with E-state index < -0.39 is 10.1 Å². The lowest BCUT2D eigenvalue weighted by molar-refractivity contribution is 0.0966. The van der Waals surface area contributed by atoms with Crippen LogP contribution in [0.4, 0.5) is 0 Å². The van der Waals surface area contributed by atoms with Crippen LogP contribution in [0.3, 0.4) is 0 Å². The van der Waals surface area contributed by atoms with E-state index in [-0.39, 0.29) is 17.6 Å². The van der Waals surface area contributed by atoms with Crippen LogP contribution in [0.1, 0.15) is 18.9 Å². The first-order valence-electron chi connectivity index (χ1n) is 5.44. The standard InChI is InChI=1S/C12H18O4S/c1-10-4-6-12(7-5-10)17(13,14)16-9-8-11(2)15-3/h4-7,11H,8-9H2,1-3H3. The van der Waals surface area contributed by atoms with Crippen molar-refractivity contribution in [1.82, 2.24) is 0 Å². The molecule has 1 aromatic carbocycles. The van der Waals surface area contributed by atoms with Crippen molar-refractivity contribution in [2.75, 3.05) is 13.7 Å². The van der Waals surface area contributed by atoms with E-state index in [1.165, 1.54) is 0 Å². The summed E-state index contributed by atoms with van der Waals surface area (Å²) in [6.45, 7) is 3.89. The molecule has 0 aliphatic heterocycles. The summed E-state index contributed by atoms with van der Waals surface area (Å²) in [5, 5.41) is 0. The Morgan fingerprint density at radius 1 is 1.24 bits per heavy atom. The molecule has 0 heterocycles. The third kappa shape index (κ3) is 4.46. The molecule has 96 valence electrons. The average molecular weight is 258 g/mol. The van der Waals surface area contributed by atoms with E-state index in [0.717, 1.165) is 5.56 Å². The number of rotatable bonds is 6. The van der Waals surface area contributed by atoms with Crippen molar-refractivity contribution in [2.45, 2.75) is 31.3 Å². The summed E-state index contributed by atoms with van der Waals surface area (Å²) < 4.78 is 33.4. The third-order valence-electron chi connectivity index (χ3n) is 2.47. The minimum atomic E-state index is -3.64. The molecule has 0 amide bonds. The average Bonchev–Trinajstić information content (AvgIpc) is 2.29. The maximum atomic E-state index is 11.8. The molecule has 0 aliphatic rings. The fourth-order valence-corrected chi connectivity index (χ4v) is 2.14. The molecule has 17 heavy (non-hydrogen) atoms. The van der Waals surface area contributed by atoms with Crippen LogP contribution in [0.15, 0.2) is 29.2 Å². The topological polar surface area (TPSA) is 52.6 Å². The predicted octanol–water partition coefficient (Wildman–Crippen LogP) is 2.13. The zero-order valence-electron chi connectivity index (χ0n) is 10.3. The highest BCUT2D eigenvalue weighted by atomic mass is 32.2. The van der Waals surface area contributed by atoms with Gasteiger partial charge in [-0.05, 0) is 32.4 Å². The minimum absolute atomic E-state index is 0.0109. The SMILES string of the molecule is COC(C)CCOS(=O)(=O)c1ccc(C)cc1. The van der Waals surface area contributed by atoms with Gasteiger partial charge in [-0.15, -0.1) is 0 Å². The van der Waals surface area contributed by atoms with Crippen LogP contribution in [0.5, 0.6) is 0 Å². The second-order valence-electron chi connectivity index (χ2n) is 3.92. The van der Waals surface area contributed by atoms with Gasteiger partial charge in [0.2, 0.25) is 0 Å². The highest BCUT2D eigenvalue weighted by molar-refractivity contribution is 7.86. The van der Waals surface area contributed by atoms with Crippen LogP contribution in [-0.4, -0.2) is 28.2 Å². The summed E-state index contributed by atoms with van der Waals surface area (Å²) in [6, 6.07) is 6.58. The summed E-state index contributed by atoms with van der Waals surface area (Å²) in [5.41, 5.74) is 1.01. The zero-order valence-corrected chi connectivity index (χ0v) is 11.2. The van der Waals surface area contributed by atoms with Gasteiger partial charge in [0.15, 0.2) is 0 Å². The Kier molecular flexibility index (Phi) is 5.11. The van der Waals surface area contributed by atoms with Gasteiger partial charge >= 0.3 is 0 Å². The van der Waals surface area contributed by atoms with Crippen LogP contribution >= 0.6 is 0 Å². The van der Waals surface area contributed by atoms with Gasteiger partial charge in [-0.3, -0.25) is 4.18 Å². The smallest absolute Gasteiger partial charge is 0.296 e. The van der Waals surface area contributed by atoms with E-state index in [0.29, 0.717) is 6.42 Å². The van der Waals surface area contributed by atoms with Crippen molar-refractivity contribution < 1.29 is 17.3 Å². The van der Waals surface area contributed by atoms with Gasteiger partial charge in [0, 0.05) is 7.11 Å². The molecular formula is C12H18O4S. The van der Waals surface area contributed by atoms with Crippen molar-refractivity contribution in [3.05, 3.63) is 29.8 Å². The molecule has 0 bridgehead atoms. The fraction of sp³-hybridized carbons (Fsp3) is 0.500. The summed E-state index contributed by atoms with van der Waals surface area (Å²) in [6.07, 6.45) is 0.532. The molecule has 0 saturated carbocycles. The molecule has 0 fully saturated rings. The Morgan fingerprint density at radius 3 is 2.35 bits per heavy atom. The molecule has 0 radical (unpaired) electrons. The monoisotopic (exact) mass is 258 g/mol. The van der Waals surface area contributed by atoms with Gasteiger partial charge in [0.05, 0.1) is 17.6 Å². The summed E-state index contributed by atoms with van der Waals surface area (Å²) >= 11 is 0. The summed E-state index contributed by atoms with van der Waals surface area (Å²) in [4.78, 5) is 0.188. The lowest BCUT2D eigenvalue weighted by atomic mass is 10.2. The summed E-state index contributed by atoms with van der Waals surface area (Å²) in [7, 11) is -2.05. The zero-order chi connectivity index (χ0) is 12.9. The molecule has 0 aliphatic carbocycles. The number of methoxy groups -OCH3 is 1. The first-order chi connectivity index (χ1) is 7.95. The number of hydrogen-bond donors (Lipinski definition) is 0. The maximum Gasteiger partial charge on any atom is 0.296 e. The first-order valence-corrected chi connectivity index (χ1v) is 6.85. The molecule has 1 atom stereocenters. The number of benzene rings is 1. The second kappa shape index (κ2) is 6.14. The second-order valence-corrected chi connectivity index (χ2v) is 5.54. The van der Waals surface area contributed by atoms with Crippen LogP contribution in [-0.2, 0) is 19.0 Å². The van der Waals surface area contributed by atoms with Gasteiger partial charge in [-0.2, -0.15) is 8.42 Å². The van der Waals surface area contributed by atoms with Crippen molar-refractivity contribution in [2.24, 2.45) is 0 Å². The van der Waals surface area contributed by atoms with E-state index in [4.69, 9.17) is 8.92 Å². The van der Waals surface area contributed by atoms with Crippen molar-refractivity contribution in [3.8, 4) is 0 Å². The van der Waals surface area contributed by atoms with Crippen LogP contribution < -0.4 is 0 Å². The van der Waals surface area contributed by atoms with Gasteiger partial charge in [-0.25, -0.2) is 0 Å². The molecule has 0 aromatic heterocycles.